The Kier molecular flexibility index (Phi) is 3.03. The Bertz CT molecular complexity index is 578. The van der Waals surface area contributed by atoms with Gasteiger partial charge in [-0.15, -0.1) is 11.6 Å². The number of nitrogens with zero attached hydrogens (tertiary/aromatic N) is 2. The van der Waals surface area contributed by atoms with Gasteiger partial charge in [0.05, 0.1) is 11.7 Å². The van der Waals surface area contributed by atoms with Crippen molar-refractivity contribution in [1.29, 1.82) is 0 Å². The van der Waals surface area contributed by atoms with E-state index in [1.165, 1.54) is 0 Å². The molecule has 0 spiro atoms. The first-order valence-corrected chi connectivity index (χ1v) is 6.44. The Labute approximate surface area is 112 Å². The lowest BCUT2D eigenvalue weighted by molar-refractivity contribution is 0.895. The predicted octanol–water partition coefficient (Wildman–Crippen LogP) is 3.50. The summed E-state index contributed by atoms with van der Waals surface area (Å²) in [5, 5.41) is 0. The lowest BCUT2D eigenvalue weighted by atomic mass is 9.99. The zero-order valence-electron chi connectivity index (χ0n) is 9.88. The fourth-order valence-electron chi connectivity index (χ4n) is 2.21. The van der Waals surface area contributed by atoms with Crippen LogP contribution in [0.2, 0.25) is 0 Å². The second-order valence-electron chi connectivity index (χ2n) is 4.19. The van der Waals surface area contributed by atoms with Crippen molar-refractivity contribution in [3.63, 3.8) is 0 Å². The Hall–Kier alpha value is -1.80. The van der Waals surface area contributed by atoms with E-state index in [0.717, 1.165) is 22.5 Å². The minimum Gasteiger partial charge on any atom is -0.338 e. The Morgan fingerprint density at radius 1 is 1.00 bits per heavy atom. The molecule has 0 bridgehead atoms. The molecule has 0 unspecified atom stereocenters. The van der Waals surface area contributed by atoms with E-state index in [1.807, 2.05) is 30.3 Å². The number of hydrogen-bond acceptors (Lipinski definition) is 2. The van der Waals surface area contributed by atoms with Crippen molar-refractivity contribution in [2.75, 3.05) is 17.6 Å². The molecule has 0 N–H and O–H groups in total. The number of halogens is 1. The van der Waals surface area contributed by atoms with E-state index in [4.69, 9.17) is 11.6 Å². The largest absolute Gasteiger partial charge is 0.338 e. The summed E-state index contributed by atoms with van der Waals surface area (Å²) in [6.45, 7) is 0.616. The monoisotopic (exact) mass is 256 g/mol. The maximum Gasteiger partial charge on any atom is 0.112 e. The van der Waals surface area contributed by atoms with Crippen LogP contribution in [0.1, 0.15) is 11.1 Å². The van der Waals surface area contributed by atoms with Crippen LogP contribution in [-0.4, -0.2) is 18.4 Å². The standard InChI is InChI=1S/C15H13ClN2/c16-10-18-11-17-15(12-6-2-1-3-7-12)13-8-4-5-9-14(13)18/h1-9H,10-11H2. The smallest absolute Gasteiger partial charge is 0.112 e. The molecule has 0 fully saturated rings. The van der Waals surface area contributed by atoms with Crippen LogP contribution in [0.3, 0.4) is 0 Å². The fraction of sp³-hybridized carbons (Fsp3) is 0.133. The molecule has 0 aromatic heterocycles. The predicted molar refractivity (Wildman–Crippen MR) is 76.6 cm³/mol. The third-order valence-corrected chi connectivity index (χ3v) is 3.38. The highest BCUT2D eigenvalue weighted by molar-refractivity contribution is 6.21. The van der Waals surface area contributed by atoms with Gasteiger partial charge in [-0.05, 0) is 6.07 Å². The molecule has 3 heteroatoms. The summed E-state index contributed by atoms with van der Waals surface area (Å²) >= 11 is 5.96. The zero-order valence-corrected chi connectivity index (χ0v) is 10.6. The molecule has 90 valence electrons. The van der Waals surface area contributed by atoms with Crippen LogP contribution in [0.5, 0.6) is 0 Å². The van der Waals surface area contributed by atoms with Gasteiger partial charge in [0.2, 0.25) is 0 Å². The van der Waals surface area contributed by atoms with E-state index in [1.54, 1.807) is 0 Å². The summed E-state index contributed by atoms with van der Waals surface area (Å²) in [4.78, 5) is 6.71. The van der Waals surface area contributed by atoms with Crippen molar-refractivity contribution in [2.45, 2.75) is 0 Å². The zero-order chi connectivity index (χ0) is 12.4. The van der Waals surface area contributed by atoms with Crippen LogP contribution in [0, 0.1) is 0 Å². The number of benzene rings is 2. The molecule has 0 atom stereocenters. The Balaban J connectivity index is 2.11. The molecule has 0 amide bonds. The SMILES string of the molecule is ClCN1CN=C(c2ccccc2)c2ccccc21. The van der Waals surface area contributed by atoms with Crippen molar-refractivity contribution in [1.82, 2.24) is 0 Å². The third-order valence-electron chi connectivity index (χ3n) is 3.09. The molecule has 18 heavy (non-hydrogen) atoms. The van der Waals surface area contributed by atoms with Crippen LogP contribution in [0.15, 0.2) is 59.6 Å². The van der Waals surface area contributed by atoms with Gasteiger partial charge < -0.3 is 4.90 Å². The summed E-state index contributed by atoms with van der Waals surface area (Å²) < 4.78 is 0. The first kappa shape index (κ1) is 11.3. The van der Waals surface area contributed by atoms with Crippen molar-refractivity contribution in [3.8, 4) is 0 Å². The van der Waals surface area contributed by atoms with Crippen LogP contribution in [0.4, 0.5) is 5.69 Å². The summed E-state index contributed by atoms with van der Waals surface area (Å²) in [7, 11) is 0. The van der Waals surface area contributed by atoms with E-state index in [9.17, 15) is 0 Å². The molecule has 0 saturated carbocycles. The van der Waals surface area contributed by atoms with Gasteiger partial charge in [-0.3, -0.25) is 4.99 Å². The first-order chi connectivity index (χ1) is 8.90. The molecule has 0 radical (unpaired) electrons. The highest BCUT2D eigenvalue weighted by atomic mass is 35.5. The lowest BCUT2D eigenvalue weighted by Crippen LogP contribution is -2.28. The molecule has 0 saturated heterocycles. The van der Waals surface area contributed by atoms with E-state index < -0.39 is 0 Å². The van der Waals surface area contributed by atoms with Crippen LogP contribution >= 0.6 is 11.6 Å². The highest BCUT2D eigenvalue weighted by Gasteiger charge is 2.19. The molecule has 2 aromatic rings. The van der Waals surface area contributed by atoms with Crippen LogP contribution < -0.4 is 4.90 Å². The number of fused-ring (bicyclic) bond motifs is 1. The maximum absolute atomic E-state index is 5.96. The molecule has 0 aliphatic carbocycles. The number of aliphatic imine (C=N–C) groups is 1. The van der Waals surface area contributed by atoms with E-state index >= 15 is 0 Å². The molecular formula is C15H13ClN2. The average Bonchev–Trinajstić information content (AvgIpc) is 2.47. The minimum absolute atomic E-state index is 0.461. The molecule has 1 aliphatic rings. The van der Waals surface area contributed by atoms with Crippen molar-refractivity contribution in [3.05, 3.63) is 65.7 Å². The topological polar surface area (TPSA) is 15.6 Å². The minimum atomic E-state index is 0.461. The Morgan fingerprint density at radius 3 is 2.50 bits per heavy atom. The van der Waals surface area contributed by atoms with Crippen LogP contribution in [-0.2, 0) is 0 Å². The lowest BCUT2D eigenvalue weighted by Gasteiger charge is -2.28. The summed E-state index contributed by atoms with van der Waals surface area (Å²) in [6, 6.07) is 19.0. The van der Waals surface area contributed by atoms with E-state index in [0.29, 0.717) is 12.7 Å². The van der Waals surface area contributed by atoms with Gasteiger partial charge >= 0.3 is 0 Å². The fourth-order valence-corrected chi connectivity index (χ4v) is 2.42. The normalized spacial score (nSPS) is 14.1. The van der Waals surface area contributed by atoms with Gasteiger partial charge in [0.25, 0.3) is 0 Å². The first-order valence-electron chi connectivity index (χ1n) is 5.90. The van der Waals surface area contributed by atoms with Gasteiger partial charge in [-0.1, -0.05) is 48.5 Å². The number of hydrogen-bond donors (Lipinski definition) is 0. The van der Waals surface area contributed by atoms with Gasteiger partial charge in [0.1, 0.15) is 6.67 Å². The van der Waals surface area contributed by atoms with Gasteiger partial charge in [-0.2, -0.15) is 0 Å². The molecule has 1 heterocycles. The van der Waals surface area contributed by atoms with E-state index in [-0.39, 0.29) is 0 Å². The molecule has 2 aromatic carbocycles. The van der Waals surface area contributed by atoms with Crippen molar-refractivity contribution in [2.24, 2.45) is 4.99 Å². The molecule has 2 nitrogen and oxygen atoms in total. The van der Waals surface area contributed by atoms with Crippen molar-refractivity contribution >= 4 is 23.0 Å². The quantitative estimate of drug-likeness (QED) is 0.593. The second-order valence-corrected chi connectivity index (χ2v) is 4.43. The highest BCUT2D eigenvalue weighted by Crippen LogP contribution is 2.27. The Morgan fingerprint density at radius 2 is 1.72 bits per heavy atom. The summed E-state index contributed by atoms with van der Waals surface area (Å²) in [5.41, 5.74) is 4.50. The van der Waals surface area contributed by atoms with Gasteiger partial charge in [-0.25, -0.2) is 0 Å². The van der Waals surface area contributed by atoms with Crippen LogP contribution in [0.25, 0.3) is 0 Å². The number of para-hydroxylation sites is 1. The average molecular weight is 257 g/mol. The molecular weight excluding hydrogens is 244 g/mol. The number of alkyl halides is 1. The maximum atomic E-state index is 5.96. The number of rotatable bonds is 2. The van der Waals surface area contributed by atoms with E-state index in [2.05, 4.69) is 34.2 Å². The summed E-state index contributed by atoms with van der Waals surface area (Å²) in [6.07, 6.45) is 0. The van der Waals surface area contributed by atoms with Gasteiger partial charge in [0.15, 0.2) is 0 Å². The summed E-state index contributed by atoms with van der Waals surface area (Å²) in [5.74, 6) is 0. The van der Waals surface area contributed by atoms with Crippen molar-refractivity contribution < 1.29 is 0 Å². The van der Waals surface area contributed by atoms with Gasteiger partial charge in [0, 0.05) is 16.8 Å². The second kappa shape index (κ2) is 4.83. The molecule has 1 aliphatic heterocycles. The third kappa shape index (κ3) is 1.89. The number of anilines is 1. The molecule has 3 rings (SSSR count).